The van der Waals surface area contributed by atoms with Crippen LogP contribution in [-0.2, 0) is 10.0 Å². The zero-order valence-electron chi connectivity index (χ0n) is 11.5. The average molecular weight is 318 g/mol. The zero-order valence-corrected chi connectivity index (χ0v) is 12.3. The summed E-state index contributed by atoms with van der Waals surface area (Å²) in [5, 5.41) is 4.90. The van der Waals surface area contributed by atoms with E-state index in [2.05, 4.69) is 0 Å². The van der Waals surface area contributed by atoms with Crippen LogP contribution in [0.15, 0.2) is 17.0 Å². The van der Waals surface area contributed by atoms with Crippen molar-refractivity contribution in [3.63, 3.8) is 0 Å². The third-order valence-electron chi connectivity index (χ3n) is 3.41. The highest BCUT2D eigenvalue weighted by Crippen LogP contribution is 2.30. The normalized spacial score (nSPS) is 15.0. The van der Waals surface area contributed by atoms with Crippen molar-refractivity contribution < 1.29 is 22.0 Å². The molecule has 2 rings (SSSR count). The molecule has 0 radical (unpaired) electrons. The topological polar surface area (TPSA) is 80.5 Å². The Labute approximate surface area is 121 Å². The highest BCUT2D eigenvalue weighted by molar-refractivity contribution is 7.89. The van der Waals surface area contributed by atoms with Crippen LogP contribution in [0.4, 0.5) is 8.78 Å². The summed E-state index contributed by atoms with van der Waals surface area (Å²) >= 11 is 0. The number of nitrogens with zero attached hydrogens (tertiary/aromatic N) is 1. The molecule has 0 aliphatic heterocycles. The molecule has 1 aromatic carbocycles. The molecule has 1 aliphatic carbocycles. The molecule has 1 aliphatic rings. The second-order valence-electron chi connectivity index (χ2n) is 5.10. The standard InChI is InChI=1S/C13H16F2N2O3S/c1-2-17(7-8-3-4-8)13(18)10-5-9(21(16,19)20)6-11(14)12(10)15/h5-6,8H,2-4,7H2,1H3,(H2,16,19,20). The fourth-order valence-corrected chi connectivity index (χ4v) is 2.57. The van der Waals surface area contributed by atoms with Gasteiger partial charge in [-0.3, -0.25) is 4.79 Å². The quantitative estimate of drug-likeness (QED) is 0.893. The second kappa shape index (κ2) is 5.69. The van der Waals surface area contributed by atoms with Gasteiger partial charge >= 0.3 is 0 Å². The summed E-state index contributed by atoms with van der Waals surface area (Å²) < 4.78 is 49.8. The lowest BCUT2D eigenvalue weighted by molar-refractivity contribution is 0.0750. The molecular formula is C13H16F2N2O3S. The van der Waals surface area contributed by atoms with E-state index in [4.69, 9.17) is 5.14 Å². The van der Waals surface area contributed by atoms with Gasteiger partial charge in [-0.2, -0.15) is 0 Å². The molecule has 0 saturated heterocycles. The predicted molar refractivity (Wildman–Crippen MR) is 72.0 cm³/mol. The number of rotatable bonds is 5. The first-order chi connectivity index (χ1) is 9.74. The Bertz CT molecular complexity index is 672. The number of sulfonamides is 1. The summed E-state index contributed by atoms with van der Waals surface area (Å²) in [6.45, 7) is 2.50. The SMILES string of the molecule is CCN(CC1CC1)C(=O)c1cc(S(N)(=O)=O)cc(F)c1F. The number of carbonyl (C=O) groups is 1. The van der Waals surface area contributed by atoms with Gasteiger partial charge in [0.05, 0.1) is 10.5 Å². The summed E-state index contributed by atoms with van der Waals surface area (Å²) in [7, 11) is -4.22. The van der Waals surface area contributed by atoms with Crippen LogP contribution in [0.1, 0.15) is 30.1 Å². The van der Waals surface area contributed by atoms with Gasteiger partial charge in [-0.25, -0.2) is 22.3 Å². The zero-order chi connectivity index (χ0) is 15.8. The molecule has 1 saturated carbocycles. The molecule has 0 atom stereocenters. The Morgan fingerprint density at radius 2 is 2.00 bits per heavy atom. The third kappa shape index (κ3) is 3.56. The minimum absolute atomic E-state index is 0.329. The van der Waals surface area contributed by atoms with Crippen molar-refractivity contribution in [2.45, 2.75) is 24.7 Å². The Morgan fingerprint density at radius 3 is 2.48 bits per heavy atom. The minimum Gasteiger partial charge on any atom is -0.339 e. The number of halogens is 2. The molecule has 1 aromatic rings. The number of primary sulfonamides is 1. The summed E-state index contributed by atoms with van der Waals surface area (Å²) in [4.78, 5) is 13.0. The van der Waals surface area contributed by atoms with Gasteiger partial charge < -0.3 is 4.90 Å². The van der Waals surface area contributed by atoms with Crippen molar-refractivity contribution in [2.24, 2.45) is 11.1 Å². The smallest absolute Gasteiger partial charge is 0.256 e. The molecule has 0 aromatic heterocycles. The van der Waals surface area contributed by atoms with E-state index in [0.717, 1.165) is 18.9 Å². The monoisotopic (exact) mass is 318 g/mol. The van der Waals surface area contributed by atoms with Gasteiger partial charge in [0.15, 0.2) is 11.6 Å². The number of nitrogens with two attached hydrogens (primary N) is 1. The van der Waals surface area contributed by atoms with Crippen LogP contribution in [0.5, 0.6) is 0 Å². The molecule has 116 valence electrons. The molecule has 1 amide bonds. The lowest BCUT2D eigenvalue weighted by Gasteiger charge is -2.21. The van der Waals surface area contributed by atoms with Crippen molar-refractivity contribution in [2.75, 3.05) is 13.1 Å². The maximum atomic E-state index is 13.8. The Balaban J connectivity index is 2.41. The molecule has 0 heterocycles. The van der Waals surface area contributed by atoms with Crippen LogP contribution < -0.4 is 5.14 Å². The number of benzene rings is 1. The molecule has 0 bridgehead atoms. The molecule has 0 unspecified atom stereocenters. The number of carbonyl (C=O) groups excluding carboxylic acids is 1. The van der Waals surface area contributed by atoms with Gasteiger partial charge in [-0.15, -0.1) is 0 Å². The van der Waals surface area contributed by atoms with Crippen molar-refractivity contribution >= 4 is 15.9 Å². The second-order valence-corrected chi connectivity index (χ2v) is 6.66. The molecule has 1 fully saturated rings. The Hall–Kier alpha value is -1.54. The van der Waals surface area contributed by atoms with Gasteiger partial charge in [-0.05, 0) is 37.8 Å². The van der Waals surface area contributed by atoms with Crippen LogP contribution in [0, 0.1) is 17.6 Å². The lowest BCUT2D eigenvalue weighted by Crippen LogP contribution is -2.33. The predicted octanol–water partition coefficient (Wildman–Crippen LogP) is 1.48. The van der Waals surface area contributed by atoms with Crippen LogP contribution >= 0.6 is 0 Å². The van der Waals surface area contributed by atoms with E-state index < -0.39 is 38.0 Å². The van der Waals surface area contributed by atoms with Crippen LogP contribution in [0.25, 0.3) is 0 Å². The van der Waals surface area contributed by atoms with E-state index in [1.54, 1.807) is 6.92 Å². The minimum atomic E-state index is -4.22. The van der Waals surface area contributed by atoms with Gasteiger partial charge in [0, 0.05) is 13.1 Å². The molecular weight excluding hydrogens is 302 g/mol. The molecule has 5 nitrogen and oxygen atoms in total. The first-order valence-electron chi connectivity index (χ1n) is 6.55. The maximum absolute atomic E-state index is 13.8. The fraction of sp³-hybridized carbons (Fsp3) is 0.462. The molecule has 2 N–H and O–H groups in total. The van der Waals surface area contributed by atoms with Gasteiger partial charge in [-0.1, -0.05) is 0 Å². The summed E-state index contributed by atoms with van der Waals surface area (Å²) in [6, 6.07) is 1.25. The Morgan fingerprint density at radius 1 is 1.38 bits per heavy atom. The summed E-state index contributed by atoms with van der Waals surface area (Å²) in [5.74, 6) is -3.12. The van der Waals surface area contributed by atoms with Crippen molar-refractivity contribution in [3.8, 4) is 0 Å². The van der Waals surface area contributed by atoms with E-state index in [-0.39, 0.29) is 0 Å². The average Bonchev–Trinajstić information content (AvgIpc) is 3.21. The number of amides is 1. The largest absolute Gasteiger partial charge is 0.339 e. The van der Waals surface area contributed by atoms with Crippen molar-refractivity contribution in [1.29, 1.82) is 0 Å². The number of hydrogen-bond donors (Lipinski definition) is 1. The summed E-state index contributed by atoms with van der Waals surface area (Å²) in [5.41, 5.74) is -0.610. The lowest BCUT2D eigenvalue weighted by atomic mass is 10.1. The first-order valence-corrected chi connectivity index (χ1v) is 8.09. The maximum Gasteiger partial charge on any atom is 0.256 e. The molecule has 0 spiro atoms. The molecule has 8 heteroatoms. The van der Waals surface area contributed by atoms with E-state index in [1.165, 1.54) is 4.90 Å². The van der Waals surface area contributed by atoms with Crippen LogP contribution in [-0.4, -0.2) is 32.3 Å². The highest BCUT2D eigenvalue weighted by Gasteiger charge is 2.29. The highest BCUT2D eigenvalue weighted by atomic mass is 32.2. The van der Waals surface area contributed by atoms with E-state index in [9.17, 15) is 22.0 Å². The van der Waals surface area contributed by atoms with Crippen LogP contribution in [0.3, 0.4) is 0 Å². The first kappa shape index (κ1) is 15.8. The van der Waals surface area contributed by atoms with Crippen molar-refractivity contribution in [3.05, 3.63) is 29.3 Å². The van der Waals surface area contributed by atoms with Gasteiger partial charge in [0.2, 0.25) is 10.0 Å². The third-order valence-corrected chi connectivity index (χ3v) is 4.30. The van der Waals surface area contributed by atoms with Crippen molar-refractivity contribution in [1.82, 2.24) is 4.90 Å². The molecule has 21 heavy (non-hydrogen) atoms. The van der Waals surface area contributed by atoms with E-state index in [0.29, 0.717) is 25.1 Å². The van der Waals surface area contributed by atoms with Crippen LogP contribution in [0.2, 0.25) is 0 Å². The fourth-order valence-electron chi connectivity index (χ4n) is 2.02. The summed E-state index contributed by atoms with van der Waals surface area (Å²) in [6.07, 6.45) is 2.00. The van der Waals surface area contributed by atoms with E-state index >= 15 is 0 Å². The Kier molecular flexibility index (Phi) is 4.29. The van der Waals surface area contributed by atoms with Gasteiger partial charge in [0.25, 0.3) is 5.91 Å². The number of hydrogen-bond acceptors (Lipinski definition) is 3. The van der Waals surface area contributed by atoms with E-state index in [1.807, 2.05) is 0 Å². The van der Waals surface area contributed by atoms with Gasteiger partial charge in [0.1, 0.15) is 0 Å².